The molecule has 5 heteroatoms. The van der Waals surface area contributed by atoms with Crippen LogP contribution in [0.4, 0.5) is 5.69 Å². The van der Waals surface area contributed by atoms with Crippen LogP contribution in [0.2, 0.25) is 0 Å². The second-order valence-electron chi connectivity index (χ2n) is 6.61. The number of amidine groups is 1. The second-order valence-corrected chi connectivity index (χ2v) is 7.62. The first kappa shape index (κ1) is 17.9. The summed E-state index contributed by atoms with van der Waals surface area (Å²) >= 11 is 1.44. The number of rotatable bonds is 3. The van der Waals surface area contributed by atoms with Crippen LogP contribution in [0.15, 0.2) is 52.4 Å². The molecule has 0 spiro atoms. The molecule has 2 aromatic rings. The van der Waals surface area contributed by atoms with Crippen molar-refractivity contribution in [2.24, 2.45) is 4.99 Å². The lowest BCUT2D eigenvalue weighted by Crippen LogP contribution is -2.29. The van der Waals surface area contributed by atoms with Crippen LogP contribution in [0.3, 0.4) is 0 Å². The number of carbonyl (C=O) groups is 1. The number of aliphatic imine (C=N–C) groups is 1. The van der Waals surface area contributed by atoms with Gasteiger partial charge in [-0.1, -0.05) is 24.3 Å². The van der Waals surface area contributed by atoms with Gasteiger partial charge in [-0.25, -0.2) is 0 Å². The summed E-state index contributed by atoms with van der Waals surface area (Å²) in [7, 11) is 0. The molecule has 0 aliphatic carbocycles. The third-order valence-corrected chi connectivity index (χ3v) is 5.69. The molecule has 2 aliphatic rings. The monoisotopic (exact) mass is 378 g/mol. The molecule has 1 saturated heterocycles. The molecule has 4 rings (SSSR count). The van der Waals surface area contributed by atoms with Crippen molar-refractivity contribution in [2.75, 3.05) is 18.1 Å². The smallest absolute Gasteiger partial charge is 0.271 e. The molecule has 2 heterocycles. The zero-order chi connectivity index (χ0) is 18.8. The topological polar surface area (TPSA) is 41.9 Å². The largest absolute Gasteiger partial charge is 0.493 e. The van der Waals surface area contributed by atoms with Gasteiger partial charge in [0.25, 0.3) is 5.91 Å². The number of para-hydroxylation sites is 1. The van der Waals surface area contributed by atoms with Gasteiger partial charge in [-0.2, -0.15) is 0 Å². The lowest BCUT2D eigenvalue weighted by molar-refractivity contribution is -0.113. The van der Waals surface area contributed by atoms with E-state index >= 15 is 0 Å². The Morgan fingerprint density at radius 1 is 1.26 bits per heavy atom. The molecule has 138 valence electrons. The summed E-state index contributed by atoms with van der Waals surface area (Å²) in [5.74, 6) is 0.944. The quantitative estimate of drug-likeness (QED) is 0.719. The van der Waals surface area contributed by atoms with Gasteiger partial charge in [0.05, 0.1) is 17.2 Å². The number of benzene rings is 2. The van der Waals surface area contributed by atoms with Crippen LogP contribution < -0.4 is 9.64 Å². The summed E-state index contributed by atoms with van der Waals surface area (Å²) in [5, 5.41) is 0.740. The van der Waals surface area contributed by atoms with Gasteiger partial charge in [0.2, 0.25) is 0 Å². The van der Waals surface area contributed by atoms with Crippen LogP contribution in [0.1, 0.15) is 30.0 Å². The Hall–Kier alpha value is -2.53. The number of hydrogen-bond acceptors (Lipinski definition) is 4. The molecule has 0 N–H and O–H groups in total. The van der Waals surface area contributed by atoms with E-state index in [2.05, 4.69) is 11.1 Å². The SMILES string of the molecule is CC/N=C1\S/C(=C\c2ccc3c(c2)CCCO3)C(=O)N1c1ccccc1C. The van der Waals surface area contributed by atoms with Gasteiger partial charge in [-0.3, -0.25) is 14.7 Å². The Morgan fingerprint density at radius 2 is 2.11 bits per heavy atom. The van der Waals surface area contributed by atoms with Crippen LogP contribution >= 0.6 is 11.8 Å². The van der Waals surface area contributed by atoms with Crippen molar-refractivity contribution >= 4 is 34.6 Å². The number of amides is 1. The summed E-state index contributed by atoms with van der Waals surface area (Å²) in [6, 6.07) is 14.1. The van der Waals surface area contributed by atoms with Crippen molar-refractivity contribution in [3.63, 3.8) is 0 Å². The van der Waals surface area contributed by atoms with E-state index in [9.17, 15) is 4.79 Å². The van der Waals surface area contributed by atoms with E-state index in [-0.39, 0.29) is 5.91 Å². The predicted octanol–water partition coefficient (Wildman–Crippen LogP) is 4.82. The normalized spacial score (nSPS) is 19.5. The Morgan fingerprint density at radius 3 is 2.93 bits per heavy atom. The predicted molar refractivity (Wildman–Crippen MR) is 112 cm³/mol. The number of hydrogen-bond donors (Lipinski definition) is 0. The molecule has 0 radical (unpaired) electrons. The van der Waals surface area contributed by atoms with E-state index < -0.39 is 0 Å². The highest BCUT2D eigenvalue weighted by Gasteiger charge is 2.35. The molecule has 2 aromatic carbocycles. The lowest BCUT2D eigenvalue weighted by Gasteiger charge is -2.18. The zero-order valence-electron chi connectivity index (χ0n) is 15.6. The number of ether oxygens (including phenoxy) is 1. The Kier molecular flexibility index (Phi) is 5.03. The van der Waals surface area contributed by atoms with Gasteiger partial charge in [0, 0.05) is 6.54 Å². The fourth-order valence-electron chi connectivity index (χ4n) is 3.36. The van der Waals surface area contributed by atoms with Gasteiger partial charge < -0.3 is 4.74 Å². The fraction of sp³-hybridized carbons (Fsp3) is 0.273. The molecule has 4 nitrogen and oxygen atoms in total. The highest BCUT2D eigenvalue weighted by atomic mass is 32.2. The van der Waals surface area contributed by atoms with E-state index in [1.807, 2.05) is 56.3 Å². The second kappa shape index (κ2) is 7.61. The van der Waals surface area contributed by atoms with Gasteiger partial charge in [-0.05, 0) is 79.4 Å². The minimum Gasteiger partial charge on any atom is -0.493 e. The van der Waals surface area contributed by atoms with Crippen molar-refractivity contribution in [3.8, 4) is 5.75 Å². The van der Waals surface area contributed by atoms with Crippen LogP contribution in [0, 0.1) is 6.92 Å². The third-order valence-electron chi connectivity index (χ3n) is 4.69. The lowest BCUT2D eigenvalue weighted by atomic mass is 10.0. The van der Waals surface area contributed by atoms with Crippen LogP contribution in [-0.2, 0) is 11.2 Å². The number of nitrogens with zero attached hydrogens (tertiary/aromatic N) is 2. The highest BCUT2D eigenvalue weighted by Crippen LogP contribution is 2.37. The first-order chi connectivity index (χ1) is 13.2. The summed E-state index contributed by atoms with van der Waals surface area (Å²) < 4.78 is 5.69. The van der Waals surface area contributed by atoms with E-state index in [1.54, 1.807) is 4.90 Å². The molecule has 27 heavy (non-hydrogen) atoms. The fourth-order valence-corrected chi connectivity index (χ4v) is 4.40. The summed E-state index contributed by atoms with van der Waals surface area (Å²) in [5.41, 5.74) is 4.19. The van der Waals surface area contributed by atoms with E-state index in [4.69, 9.17) is 4.74 Å². The van der Waals surface area contributed by atoms with Gasteiger partial charge in [0.1, 0.15) is 5.75 Å². The Labute approximate surface area is 163 Å². The van der Waals surface area contributed by atoms with Crippen LogP contribution in [-0.4, -0.2) is 24.2 Å². The Balaban J connectivity index is 1.70. The minimum absolute atomic E-state index is 0.0181. The number of fused-ring (bicyclic) bond motifs is 1. The van der Waals surface area contributed by atoms with Crippen molar-refractivity contribution in [2.45, 2.75) is 26.7 Å². The molecule has 0 atom stereocenters. The number of thioether (sulfide) groups is 1. The van der Waals surface area contributed by atoms with Gasteiger partial charge in [-0.15, -0.1) is 0 Å². The number of aryl methyl sites for hydroxylation is 2. The van der Waals surface area contributed by atoms with Crippen molar-refractivity contribution in [3.05, 3.63) is 64.1 Å². The zero-order valence-corrected chi connectivity index (χ0v) is 16.4. The highest BCUT2D eigenvalue weighted by molar-refractivity contribution is 8.19. The molecule has 0 aromatic heterocycles. The first-order valence-electron chi connectivity index (χ1n) is 9.27. The van der Waals surface area contributed by atoms with Crippen molar-refractivity contribution < 1.29 is 9.53 Å². The van der Waals surface area contributed by atoms with Crippen LogP contribution in [0.5, 0.6) is 5.75 Å². The average Bonchev–Trinajstić information content (AvgIpc) is 2.97. The van der Waals surface area contributed by atoms with E-state index in [0.717, 1.165) is 47.2 Å². The summed E-state index contributed by atoms with van der Waals surface area (Å²) in [4.78, 5) is 20.2. The summed E-state index contributed by atoms with van der Waals surface area (Å²) in [6.45, 7) is 5.42. The molecule has 0 saturated carbocycles. The van der Waals surface area contributed by atoms with Crippen molar-refractivity contribution in [1.29, 1.82) is 0 Å². The van der Waals surface area contributed by atoms with E-state index in [1.165, 1.54) is 17.3 Å². The molecule has 0 unspecified atom stereocenters. The number of anilines is 1. The third kappa shape index (κ3) is 3.52. The van der Waals surface area contributed by atoms with Gasteiger partial charge in [0.15, 0.2) is 5.17 Å². The van der Waals surface area contributed by atoms with E-state index in [0.29, 0.717) is 11.4 Å². The average molecular weight is 378 g/mol. The maximum atomic E-state index is 13.2. The number of carbonyl (C=O) groups excluding carboxylic acids is 1. The maximum absolute atomic E-state index is 13.2. The first-order valence-corrected chi connectivity index (χ1v) is 10.1. The molecule has 1 amide bonds. The molecular formula is C22H22N2O2S. The Bertz CT molecular complexity index is 949. The molecular weight excluding hydrogens is 356 g/mol. The minimum atomic E-state index is -0.0181. The van der Waals surface area contributed by atoms with Gasteiger partial charge >= 0.3 is 0 Å². The molecule has 1 fully saturated rings. The molecule has 2 aliphatic heterocycles. The standard InChI is InChI=1S/C22H22N2O2S/c1-3-23-22-24(18-9-5-4-7-15(18)2)21(25)20(27-22)14-16-10-11-19-17(13-16)8-6-12-26-19/h4-5,7,9-11,13-14H,3,6,8,12H2,1-2H3/b20-14-,23-22-. The van der Waals surface area contributed by atoms with Crippen LogP contribution in [0.25, 0.3) is 6.08 Å². The maximum Gasteiger partial charge on any atom is 0.271 e. The summed E-state index contributed by atoms with van der Waals surface area (Å²) in [6.07, 6.45) is 4.02. The van der Waals surface area contributed by atoms with Crippen molar-refractivity contribution in [1.82, 2.24) is 0 Å². The molecule has 0 bridgehead atoms.